The molecule has 0 aliphatic heterocycles. The van der Waals surface area contributed by atoms with Gasteiger partial charge in [0.25, 0.3) is 0 Å². The summed E-state index contributed by atoms with van der Waals surface area (Å²) in [4.78, 5) is 13.0. The third-order valence-corrected chi connectivity index (χ3v) is 12.6. The maximum absolute atomic E-state index is 13.5. The van der Waals surface area contributed by atoms with E-state index in [1.807, 2.05) is 18.4 Å². The summed E-state index contributed by atoms with van der Waals surface area (Å²) < 4.78 is 21.2. The van der Waals surface area contributed by atoms with Crippen LogP contribution in [0, 0.1) is 18.3 Å². The molecule has 0 amide bonds. The zero-order chi connectivity index (χ0) is 22.7. The van der Waals surface area contributed by atoms with Gasteiger partial charge in [-0.25, -0.2) is 15.0 Å². The Bertz CT molecular complexity index is 1010. The first-order valence-electron chi connectivity index (χ1n) is 10.9. The smallest absolute Gasteiger partial charge is 0.219 e. The Morgan fingerprint density at radius 3 is 2.71 bits per heavy atom. The molecule has 2 unspecified atom stereocenters. The number of rotatable bonds is 8. The second-order valence-corrected chi connectivity index (χ2v) is 15.8. The molecule has 4 N–H and O–H groups in total. The zero-order valence-corrected chi connectivity index (χ0v) is 20.6. The molecule has 2 aliphatic carbocycles. The Balaban J connectivity index is 1.59. The van der Waals surface area contributed by atoms with Crippen molar-refractivity contribution in [3.05, 3.63) is 12.2 Å². The van der Waals surface area contributed by atoms with Crippen molar-refractivity contribution in [1.29, 1.82) is 0 Å². The number of aromatic nitrogens is 4. The van der Waals surface area contributed by atoms with Gasteiger partial charge in [-0.05, 0) is 53.5 Å². The third kappa shape index (κ3) is 4.04. The van der Waals surface area contributed by atoms with E-state index in [0.29, 0.717) is 35.4 Å². The molecule has 172 valence electrons. The van der Waals surface area contributed by atoms with Crippen molar-refractivity contribution in [2.24, 2.45) is 11.3 Å². The average molecular weight is 469 g/mol. The van der Waals surface area contributed by atoms with E-state index in [0.717, 1.165) is 6.42 Å². The van der Waals surface area contributed by atoms with Crippen molar-refractivity contribution < 1.29 is 19.3 Å². The van der Waals surface area contributed by atoms with E-state index in [2.05, 4.69) is 28.8 Å². The SMILES string of the molecule is Cc1nc(N)c2ncn([C@H]3[C@H](O)[C@H](O)[C@@]4(CCP(=O)(OC(C)C)PC(C)C)C[C@H]34)c2n1. The summed E-state index contributed by atoms with van der Waals surface area (Å²) in [6.45, 7) is 9.67. The van der Waals surface area contributed by atoms with Gasteiger partial charge in [-0.15, -0.1) is 0 Å². The molecular weight excluding hydrogens is 436 g/mol. The molecule has 2 aliphatic rings. The van der Waals surface area contributed by atoms with Gasteiger partial charge < -0.3 is 25.0 Å². The highest BCUT2D eigenvalue weighted by Gasteiger charge is 2.71. The zero-order valence-electron chi connectivity index (χ0n) is 18.7. The number of aryl methyl sites for hydroxylation is 1. The normalized spacial score (nSPS) is 32.4. The fourth-order valence-corrected chi connectivity index (χ4v) is 11.6. The summed E-state index contributed by atoms with van der Waals surface area (Å²) in [5, 5.41) is 21.9. The summed E-state index contributed by atoms with van der Waals surface area (Å²) in [6, 6.07) is -0.355. The van der Waals surface area contributed by atoms with Gasteiger partial charge in [-0.2, -0.15) is 0 Å². The molecule has 0 aromatic carbocycles. The van der Waals surface area contributed by atoms with Gasteiger partial charge >= 0.3 is 0 Å². The quantitative estimate of drug-likeness (QED) is 0.502. The predicted molar refractivity (Wildman–Crippen MR) is 123 cm³/mol. The summed E-state index contributed by atoms with van der Waals surface area (Å²) in [5.74, 6) is 0.891. The molecule has 2 fully saturated rings. The second-order valence-electron chi connectivity index (χ2n) is 9.53. The molecule has 0 spiro atoms. The fourth-order valence-electron chi connectivity index (χ4n) is 5.22. The van der Waals surface area contributed by atoms with Gasteiger partial charge in [0.1, 0.15) is 17.4 Å². The van der Waals surface area contributed by atoms with E-state index in [1.54, 1.807) is 13.3 Å². The van der Waals surface area contributed by atoms with Crippen LogP contribution in [0.1, 0.15) is 52.4 Å². The minimum absolute atomic E-state index is 0.0567. The lowest BCUT2D eigenvalue weighted by Crippen LogP contribution is -2.34. The molecule has 0 bridgehead atoms. The largest absolute Gasteiger partial charge is 0.390 e. The van der Waals surface area contributed by atoms with Crippen molar-refractivity contribution in [2.45, 2.75) is 77.5 Å². The number of imidazole rings is 1. The topological polar surface area (TPSA) is 136 Å². The summed E-state index contributed by atoms with van der Waals surface area (Å²) in [7, 11) is -2.56. The molecule has 4 rings (SSSR count). The first-order chi connectivity index (χ1) is 14.5. The van der Waals surface area contributed by atoms with Crippen molar-refractivity contribution in [2.75, 3.05) is 11.9 Å². The lowest BCUT2D eigenvalue weighted by Gasteiger charge is -2.27. The van der Waals surface area contributed by atoms with E-state index < -0.39 is 24.7 Å². The number of anilines is 1. The van der Waals surface area contributed by atoms with Gasteiger partial charge in [-0.1, -0.05) is 13.8 Å². The summed E-state index contributed by atoms with van der Waals surface area (Å²) in [6.07, 6.45) is 1.42. The van der Waals surface area contributed by atoms with Crippen LogP contribution in [0.3, 0.4) is 0 Å². The number of aliphatic hydroxyl groups excluding tert-OH is 2. The van der Waals surface area contributed by atoms with Crippen LogP contribution in [-0.4, -0.2) is 59.9 Å². The molecule has 2 aromatic rings. The van der Waals surface area contributed by atoms with E-state index in [9.17, 15) is 14.8 Å². The van der Waals surface area contributed by atoms with Crippen LogP contribution >= 0.6 is 15.3 Å². The van der Waals surface area contributed by atoms with Gasteiger partial charge in [-0.3, -0.25) is 4.57 Å². The number of nitrogen functional groups attached to an aromatic ring is 1. The first-order valence-corrected chi connectivity index (χ1v) is 14.6. The molecule has 7 atom stereocenters. The maximum Gasteiger partial charge on any atom is 0.219 e. The number of aliphatic hydroxyl groups is 2. The number of hydrogen-bond acceptors (Lipinski definition) is 8. The van der Waals surface area contributed by atoms with Crippen LogP contribution in [0.5, 0.6) is 0 Å². The average Bonchev–Trinajstić information content (AvgIpc) is 3.15. The van der Waals surface area contributed by atoms with Crippen LogP contribution in [0.15, 0.2) is 6.33 Å². The molecule has 2 heterocycles. The lowest BCUT2D eigenvalue weighted by atomic mass is 9.96. The van der Waals surface area contributed by atoms with Crippen LogP contribution in [0.4, 0.5) is 5.82 Å². The molecule has 0 radical (unpaired) electrons. The van der Waals surface area contributed by atoms with Crippen molar-refractivity contribution in [1.82, 2.24) is 19.5 Å². The molecular formula is C20H33N5O4P2. The van der Waals surface area contributed by atoms with Gasteiger partial charge in [0.2, 0.25) is 7.06 Å². The molecule has 0 saturated heterocycles. The molecule has 2 aromatic heterocycles. The Hall–Kier alpha value is -1.11. The highest BCUT2D eigenvalue weighted by atomic mass is 32.1. The van der Waals surface area contributed by atoms with Gasteiger partial charge in [0.15, 0.2) is 11.5 Å². The number of nitrogens with zero attached hydrogens (tertiary/aromatic N) is 4. The Kier molecular flexibility index (Phi) is 5.98. The monoisotopic (exact) mass is 469 g/mol. The number of fused-ring (bicyclic) bond motifs is 2. The van der Waals surface area contributed by atoms with Crippen LogP contribution in [0.2, 0.25) is 0 Å². The number of hydrogen-bond donors (Lipinski definition) is 3. The van der Waals surface area contributed by atoms with Crippen LogP contribution < -0.4 is 5.73 Å². The van der Waals surface area contributed by atoms with E-state index in [-0.39, 0.29) is 32.0 Å². The van der Waals surface area contributed by atoms with Crippen molar-refractivity contribution >= 4 is 32.3 Å². The summed E-state index contributed by atoms with van der Waals surface area (Å²) >= 11 is 0. The van der Waals surface area contributed by atoms with Crippen LogP contribution in [0.25, 0.3) is 11.2 Å². The van der Waals surface area contributed by atoms with Crippen molar-refractivity contribution in [3.63, 3.8) is 0 Å². The minimum atomic E-state index is -2.80. The van der Waals surface area contributed by atoms with E-state index in [4.69, 9.17) is 10.3 Å². The van der Waals surface area contributed by atoms with Crippen molar-refractivity contribution in [3.8, 4) is 0 Å². The molecule has 9 nitrogen and oxygen atoms in total. The fraction of sp³-hybridized carbons (Fsp3) is 0.750. The van der Waals surface area contributed by atoms with Gasteiger partial charge in [0, 0.05) is 11.6 Å². The van der Waals surface area contributed by atoms with E-state index in [1.165, 1.54) is 0 Å². The lowest BCUT2D eigenvalue weighted by molar-refractivity contribution is -0.0182. The Morgan fingerprint density at radius 1 is 1.35 bits per heavy atom. The molecule has 2 saturated carbocycles. The minimum Gasteiger partial charge on any atom is -0.390 e. The third-order valence-electron chi connectivity index (χ3n) is 6.44. The maximum atomic E-state index is 13.5. The Labute approximate surface area is 184 Å². The molecule has 31 heavy (non-hydrogen) atoms. The van der Waals surface area contributed by atoms with Gasteiger partial charge in [0.05, 0.1) is 24.6 Å². The number of nitrogens with two attached hydrogens (primary N) is 1. The first kappa shape index (κ1) is 23.1. The standard InChI is InChI=1S/C20H33N5O4P2/c1-10(2)29-31(28,30-11(3)4)7-6-20-8-13(20)15(16(26)17(20)27)25-9-22-14-18(21)23-12(5)24-19(14)25/h9-11,13,15-17,26-27,30H,6-8H2,1-5H3,(H2,21,23,24)/t13-,15-,16+,17+,20+,31?/m1/s1. The summed E-state index contributed by atoms with van der Waals surface area (Å²) in [5.41, 5.74) is 6.90. The van der Waals surface area contributed by atoms with Crippen LogP contribution in [-0.2, 0) is 9.09 Å². The van der Waals surface area contributed by atoms with E-state index >= 15 is 0 Å². The predicted octanol–water partition coefficient (Wildman–Crippen LogP) is 3.09. The highest BCUT2D eigenvalue weighted by Crippen LogP contribution is 2.74. The molecule has 11 heteroatoms. The highest BCUT2D eigenvalue weighted by molar-refractivity contribution is 8.22. The second kappa shape index (κ2) is 8.03. The Morgan fingerprint density at radius 2 is 2.06 bits per heavy atom.